The summed E-state index contributed by atoms with van der Waals surface area (Å²) in [5.74, 6) is -0.140. The van der Waals surface area contributed by atoms with Crippen molar-refractivity contribution in [3.8, 4) is 5.75 Å². The van der Waals surface area contributed by atoms with Crippen LogP contribution in [-0.2, 0) is 11.8 Å². The number of carbonyl (C=O) groups excluding carboxylic acids is 2. The van der Waals surface area contributed by atoms with Crippen molar-refractivity contribution >= 4 is 17.5 Å². The van der Waals surface area contributed by atoms with Crippen molar-refractivity contribution in [2.24, 2.45) is 7.05 Å². The average Bonchev–Trinajstić information content (AvgIpc) is 2.57. The van der Waals surface area contributed by atoms with Crippen molar-refractivity contribution in [3.05, 3.63) is 58.0 Å². The zero-order valence-electron chi connectivity index (χ0n) is 14.7. The topological polar surface area (TPSA) is 80.6 Å². The van der Waals surface area contributed by atoms with Crippen molar-refractivity contribution in [1.29, 1.82) is 0 Å². The summed E-state index contributed by atoms with van der Waals surface area (Å²) in [5.41, 5.74) is 0.847. The molecule has 0 atom stereocenters. The summed E-state index contributed by atoms with van der Waals surface area (Å²) in [6, 6.07) is 8.69. The molecule has 132 valence electrons. The fraction of sp³-hybridized carbons (Fsp3) is 0.278. The van der Waals surface area contributed by atoms with Crippen LogP contribution >= 0.6 is 0 Å². The molecular formula is C18H21N3O4. The van der Waals surface area contributed by atoms with Gasteiger partial charge in [-0.25, -0.2) is 0 Å². The third-order valence-electron chi connectivity index (χ3n) is 3.56. The lowest BCUT2D eigenvalue weighted by Gasteiger charge is -2.13. The van der Waals surface area contributed by atoms with E-state index in [0.29, 0.717) is 11.3 Å². The van der Waals surface area contributed by atoms with Crippen molar-refractivity contribution < 1.29 is 14.3 Å². The van der Waals surface area contributed by atoms with Gasteiger partial charge >= 0.3 is 0 Å². The summed E-state index contributed by atoms with van der Waals surface area (Å²) >= 11 is 0. The van der Waals surface area contributed by atoms with E-state index < -0.39 is 11.5 Å². The van der Waals surface area contributed by atoms with E-state index in [1.165, 1.54) is 28.8 Å². The number of hydrogen-bond acceptors (Lipinski definition) is 4. The molecule has 0 spiro atoms. The number of aryl methyl sites for hydroxylation is 2. The van der Waals surface area contributed by atoms with Crippen LogP contribution in [-0.4, -0.2) is 42.0 Å². The fourth-order valence-corrected chi connectivity index (χ4v) is 2.22. The number of benzene rings is 1. The monoisotopic (exact) mass is 343 g/mol. The molecule has 0 aliphatic rings. The van der Waals surface area contributed by atoms with E-state index in [1.807, 2.05) is 25.1 Å². The van der Waals surface area contributed by atoms with E-state index in [9.17, 15) is 14.4 Å². The highest BCUT2D eigenvalue weighted by Gasteiger charge is 2.14. The average molecular weight is 343 g/mol. The number of para-hydroxylation sites is 1. The minimum absolute atomic E-state index is 0.0357. The number of nitrogens with zero attached hydrogens (tertiary/aromatic N) is 2. The van der Waals surface area contributed by atoms with E-state index in [1.54, 1.807) is 20.2 Å². The lowest BCUT2D eigenvalue weighted by molar-refractivity contribution is -0.118. The predicted octanol–water partition coefficient (Wildman–Crippen LogP) is 1.41. The van der Waals surface area contributed by atoms with Gasteiger partial charge in [-0.1, -0.05) is 18.2 Å². The molecule has 0 radical (unpaired) electrons. The number of anilines is 1. The van der Waals surface area contributed by atoms with Crippen LogP contribution in [0, 0.1) is 6.92 Å². The zero-order chi connectivity index (χ0) is 18.6. The number of hydrogen-bond donors (Lipinski definition) is 1. The minimum Gasteiger partial charge on any atom is -0.483 e. The Kier molecular flexibility index (Phi) is 5.59. The van der Waals surface area contributed by atoms with E-state index in [2.05, 4.69) is 5.32 Å². The maximum absolute atomic E-state index is 12.2. The Morgan fingerprint density at radius 3 is 2.56 bits per heavy atom. The van der Waals surface area contributed by atoms with E-state index in [-0.39, 0.29) is 18.2 Å². The fourth-order valence-electron chi connectivity index (χ4n) is 2.22. The molecule has 0 aliphatic heterocycles. The molecule has 2 amide bonds. The summed E-state index contributed by atoms with van der Waals surface area (Å²) in [6.45, 7) is 1.64. The molecule has 2 rings (SSSR count). The second-order valence-electron chi connectivity index (χ2n) is 5.86. The Labute approximate surface area is 145 Å². The Morgan fingerprint density at radius 2 is 1.92 bits per heavy atom. The predicted molar refractivity (Wildman–Crippen MR) is 95.0 cm³/mol. The van der Waals surface area contributed by atoms with Gasteiger partial charge in [-0.2, -0.15) is 0 Å². The van der Waals surface area contributed by atoms with Gasteiger partial charge in [0.25, 0.3) is 17.4 Å². The molecule has 1 heterocycles. The highest BCUT2D eigenvalue weighted by Crippen LogP contribution is 2.16. The number of nitrogens with one attached hydrogen (secondary N) is 1. The van der Waals surface area contributed by atoms with E-state index >= 15 is 0 Å². The second-order valence-corrected chi connectivity index (χ2v) is 5.86. The van der Waals surface area contributed by atoms with Crippen molar-refractivity contribution in [3.63, 3.8) is 0 Å². The van der Waals surface area contributed by atoms with Crippen LogP contribution in [0.4, 0.5) is 5.69 Å². The molecule has 0 unspecified atom stereocenters. The second kappa shape index (κ2) is 7.65. The van der Waals surface area contributed by atoms with Crippen LogP contribution in [0.15, 0.2) is 41.3 Å². The first-order valence-corrected chi connectivity index (χ1v) is 7.70. The number of ether oxygens (including phenoxy) is 1. The molecule has 7 nitrogen and oxygen atoms in total. The number of carbonyl (C=O) groups is 2. The Morgan fingerprint density at radius 1 is 1.24 bits per heavy atom. The Hall–Kier alpha value is -3.09. The van der Waals surface area contributed by atoms with Crippen LogP contribution in [0.1, 0.15) is 15.9 Å². The molecular weight excluding hydrogens is 322 g/mol. The summed E-state index contributed by atoms with van der Waals surface area (Å²) in [4.78, 5) is 37.7. The van der Waals surface area contributed by atoms with Crippen LogP contribution in [0.2, 0.25) is 0 Å². The van der Waals surface area contributed by atoms with Crippen LogP contribution in [0.3, 0.4) is 0 Å². The molecule has 0 aliphatic carbocycles. The van der Waals surface area contributed by atoms with Gasteiger partial charge in [-0.3, -0.25) is 14.4 Å². The molecule has 1 N–H and O–H groups in total. The van der Waals surface area contributed by atoms with Crippen LogP contribution in [0.25, 0.3) is 0 Å². The lowest BCUT2D eigenvalue weighted by Crippen LogP contribution is -2.29. The van der Waals surface area contributed by atoms with Gasteiger partial charge in [0.2, 0.25) is 0 Å². The molecule has 0 fully saturated rings. The third kappa shape index (κ3) is 4.47. The summed E-state index contributed by atoms with van der Waals surface area (Å²) in [7, 11) is 4.75. The molecule has 0 bridgehead atoms. The molecule has 2 aromatic rings. The van der Waals surface area contributed by atoms with Gasteiger partial charge in [-0.15, -0.1) is 0 Å². The molecule has 7 heteroatoms. The first-order chi connectivity index (χ1) is 11.8. The van der Waals surface area contributed by atoms with Gasteiger partial charge in [0.05, 0.1) is 5.56 Å². The maximum atomic E-state index is 12.2. The van der Waals surface area contributed by atoms with Gasteiger partial charge in [0.1, 0.15) is 11.4 Å². The van der Waals surface area contributed by atoms with E-state index in [0.717, 1.165) is 5.56 Å². The van der Waals surface area contributed by atoms with Gasteiger partial charge in [0.15, 0.2) is 6.61 Å². The van der Waals surface area contributed by atoms with Crippen molar-refractivity contribution in [2.75, 3.05) is 26.0 Å². The minimum atomic E-state index is -0.477. The Bertz CT molecular complexity index is 856. The van der Waals surface area contributed by atoms with Gasteiger partial charge in [-0.05, 0) is 24.6 Å². The number of amides is 2. The smallest absolute Gasteiger partial charge is 0.274 e. The molecule has 25 heavy (non-hydrogen) atoms. The lowest BCUT2D eigenvalue weighted by atomic mass is 10.2. The first-order valence-electron chi connectivity index (χ1n) is 7.70. The SMILES string of the molecule is Cc1ccccc1OCC(=O)Nc1cc(C(=O)N(C)C)cn(C)c1=O. The summed E-state index contributed by atoms with van der Waals surface area (Å²) in [5, 5.41) is 2.51. The number of rotatable bonds is 5. The highest BCUT2D eigenvalue weighted by molar-refractivity contribution is 5.96. The first kappa shape index (κ1) is 18.3. The molecule has 0 saturated heterocycles. The van der Waals surface area contributed by atoms with Crippen LogP contribution in [0.5, 0.6) is 5.75 Å². The van der Waals surface area contributed by atoms with E-state index in [4.69, 9.17) is 4.74 Å². The summed E-state index contributed by atoms with van der Waals surface area (Å²) in [6.07, 6.45) is 1.43. The summed E-state index contributed by atoms with van der Waals surface area (Å²) < 4.78 is 6.72. The highest BCUT2D eigenvalue weighted by atomic mass is 16.5. The normalized spacial score (nSPS) is 10.2. The van der Waals surface area contributed by atoms with Crippen molar-refractivity contribution in [2.45, 2.75) is 6.92 Å². The zero-order valence-corrected chi connectivity index (χ0v) is 14.7. The largest absolute Gasteiger partial charge is 0.483 e. The van der Waals surface area contributed by atoms with Crippen LogP contribution < -0.4 is 15.6 Å². The maximum Gasteiger partial charge on any atom is 0.274 e. The molecule has 1 aromatic heterocycles. The van der Waals surface area contributed by atoms with Gasteiger partial charge < -0.3 is 19.5 Å². The molecule has 0 saturated carbocycles. The quantitative estimate of drug-likeness (QED) is 0.890. The third-order valence-corrected chi connectivity index (χ3v) is 3.56. The molecule has 1 aromatic carbocycles. The standard InChI is InChI=1S/C18H21N3O4/c1-12-7-5-6-8-15(12)25-11-16(22)19-14-9-13(17(23)20(2)3)10-21(4)18(14)24/h5-10H,11H2,1-4H3,(H,19,22). The van der Waals surface area contributed by atoms with Gasteiger partial charge in [0, 0.05) is 27.3 Å². The number of aromatic nitrogens is 1. The Balaban J connectivity index is 2.13. The van der Waals surface area contributed by atoms with Crippen molar-refractivity contribution in [1.82, 2.24) is 9.47 Å². The number of pyridine rings is 1.